The van der Waals surface area contributed by atoms with Crippen molar-refractivity contribution in [3.63, 3.8) is 0 Å². The molecule has 0 radical (unpaired) electrons. The molecule has 0 spiro atoms. The van der Waals surface area contributed by atoms with Crippen molar-refractivity contribution in [3.05, 3.63) is 34.1 Å². The van der Waals surface area contributed by atoms with Gasteiger partial charge in [-0.25, -0.2) is 4.39 Å². The van der Waals surface area contributed by atoms with Crippen molar-refractivity contribution in [2.45, 2.75) is 18.9 Å². The third kappa shape index (κ3) is 1.43. The van der Waals surface area contributed by atoms with E-state index in [4.69, 9.17) is 0 Å². The van der Waals surface area contributed by atoms with Gasteiger partial charge >= 0.3 is 0 Å². The Balaban J connectivity index is 2.34. The number of β-lactam (4-membered cyclic amide) rings is 1. The summed E-state index contributed by atoms with van der Waals surface area (Å²) >= 11 is 3.12. The first kappa shape index (κ1) is 9.65. The zero-order valence-electron chi connectivity index (χ0n) is 7.60. The Labute approximate surface area is 89.6 Å². The largest absolute Gasteiger partial charge is 0.346 e. The molecule has 1 aliphatic heterocycles. The summed E-state index contributed by atoms with van der Waals surface area (Å²) in [6.07, 6.45) is 0.463. The number of hydrogen-bond acceptors (Lipinski definition) is 1. The lowest BCUT2D eigenvalue weighted by atomic mass is 9.82. The molecule has 1 aromatic carbocycles. The zero-order chi connectivity index (χ0) is 10.3. The van der Waals surface area contributed by atoms with Gasteiger partial charge in [0.25, 0.3) is 0 Å². The number of carbonyl (C=O) groups excluding carboxylic acids is 1. The normalized spacial score (nSPS) is 25.5. The molecule has 4 heteroatoms. The molecule has 1 N–H and O–H groups in total. The van der Waals surface area contributed by atoms with E-state index in [9.17, 15) is 9.18 Å². The minimum atomic E-state index is -0.326. The van der Waals surface area contributed by atoms with Gasteiger partial charge in [0.1, 0.15) is 5.82 Å². The van der Waals surface area contributed by atoms with E-state index in [1.165, 1.54) is 6.07 Å². The van der Waals surface area contributed by atoms with Gasteiger partial charge in [0.2, 0.25) is 5.91 Å². The molecule has 1 saturated heterocycles. The molecule has 74 valence electrons. The first-order valence-electron chi connectivity index (χ1n) is 4.28. The van der Waals surface area contributed by atoms with E-state index in [2.05, 4.69) is 21.2 Å². The molecule has 1 heterocycles. The Morgan fingerprint density at radius 3 is 2.71 bits per heavy atom. The highest BCUT2D eigenvalue weighted by atomic mass is 79.9. The smallest absolute Gasteiger partial charge is 0.223 e. The summed E-state index contributed by atoms with van der Waals surface area (Å²) in [4.78, 5) is 10.8. The lowest BCUT2D eigenvalue weighted by Crippen LogP contribution is -2.56. The minimum absolute atomic E-state index is 0.0351. The van der Waals surface area contributed by atoms with E-state index in [1.807, 2.05) is 6.92 Å². The van der Waals surface area contributed by atoms with E-state index in [0.717, 1.165) is 5.56 Å². The molecule has 0 saturated carbocycles. The Morgan fingerprint density at radius 2 is 2.21 bits per heavy atom. The molecule has 0 bridgehead atoms. The van der Waals surface area contributed by atoms with Gasteiger partial charge in [0.15, 0.2) is 0 Å². The maximum absolute atomic E-state index is 13.0. The van der Waals surface area contributed by atoms with E-state index < -0.39 is 0 Å². The number of hydrogen-bond donors (Lipinski definition) is 1. The third-order valence-corrected chi connectivity index (χ3v) is 3.09. The standard InChI is InChI=1S/C10H9BrFNO/c1-10(5-9(14)13-10)6-2-3-8(12)7(11)4-6/h2-4H,5H2,1H3,(H,13,14). The van der Waals surface area contributed by atoms with Crippen LogP contribution in [0.2, 0.25) is 0 Å². The maximum atomic E-state index is 13.0. The molecule has 0 aromatic heterocycles. The van der Waals surface area contributed by atoms with Gasteiger partial charge in [0, 0.05) is 0 Å². The molecule has 1 aromatic rings. The maximum Gasteiger partial charge on any atom is 0.223 e. The van der Waals surface area contributed by atoms with Gasteiger partial charge in [-0.3, -0.25) is 4.79 Å². The SMILES string of the molecule is CC1(c2ccc(F)c(Br)c2)CC(=O)N1. The average molecular weight is 258 g/mol. The van der Waals surface area contributed by atoms with Gasteiger partial charge in [0.05, 0.1) is 16.4 Å². The van der Waals surface area contributed by atoms with Crippen LogP contribution in [0.25, 0.3) is 0 Å². The summed E-state index contributed by atoms with van der Waals surface area (Å²) in [6, 6.07) is 4.80. The summed E-state index contributed by atoms with van der Waals surface area (Å²) in [7, 11) is 0. The number of benzene rings is 1. The second kappa shape index (κ2) is 3.05. The third-order valence-electron chi connectivity index (χ3n) is 2.49. The van der Waals surface area contributed by atoms with Crippen LogP contribution in [0.15, 0.2) is 22.7 Å². The number of carbonyl (C=O) groups is 1. The Morgan fingerprint density at radius 1 is 1.57 bits per heavy atom. The molecule has 14 heavy (non-hydrogen) atoms. The summed E-state index contributed by atoms with van der Waals surface area (Å²) in [5, 5.41) is 2.80. The molecular formula is C10H9BrFNO. The second-order valence-electron chi connectivity index (χ2n) is 3.69. The molecule has 2 nitrogen and oxygen atoms in total. The van der Waals surface area contributed by atoms with E-state index >= 15 is 0 Å². The van der Waals surface area contributed by atoms with Crippen LogP contribution in [0, 0.1) is 5.82 Å². The van der Waals surface area contributed by atoms with E-state index in [0.29, 0.717) is 10.9 Å². The molecule has 1 atom stereocenters. The lowest BCUT2D eigenvalue weighted by molar-refractivity contribution is -0.132. The highest BCUT2D eigenvalue weighted by Gasteiger charge is 2.39. The van der Waals surface area contributed by atoms with Crippen molar-refractivity contribution in [2.24, 2.45) is 0 Å². The molecule has 1 amide bonds. The predicted molar refractivity (Wildman–Crippen MR) is 54.2 cm³/mol. The molecule has 1 fully saturated rings. The first-order valence-corrected chi connectivity index (χ1v) is 5.07. The number of rotatable bonds is 1. The van der Waals surface area contributed by atoms with Crippen molar-refractivity contribution in [3.8, 4) is 0 Å². The van der Waals surface area contributed by atoms with E-state index in [1.54, 1.807) is 12.1 Å². The van der Waals surface area contributed by atoms with Crippen LogP contribution >= 0.6 is 15.9 Å². The molecule has 0 aliphatic carbocycles. The summed E-state index contributed by atoms with van der Waals surface area (Å²) < 4.78 is 13.4. The van der Waals surface area contributed by atoms with Gasteiger partial charge in [-0.15, -0.1) is 0 Å². The number of amides is 1. The van der Waals surface area contributed by atoms with Crippen LogP contribution in [0.3, 0.4) is 0 Å². The highest BCUT2D eigenvalue weighted by Crippen LogP contribution is 2.33. The topological polar surface area (TPSA) is 29.1 Å². The van der Waals surface area contributed by atoms with Crippen molar-refractivity contribution in [2.75, 3.05) is 0 Å². The van der Waals surface area contributed by atoms with Gasteiger partial charge < -0.3 is 5.32 Å². The molecule has 2 rings (SSSR count). The highest BCUT2D eigenvalue weighted by molar-refractivity contribution is 9.10. The Hall–Kier alpha value is -0.900. The summed E-state index contributed by atoms with van der Waals surface area (Å²) in [6.45, 7) is 1.92. The van der Waals surface area contributed by atoms with Crippen LogP contribution in [0.5, 0.6) is 0 Å². The summed E-state index contributed by atoms with van der Waals surface area (Å²) in [5.41, 5.74) is 0.596. The zero-order valence-corrected chi connectivity index (χ0v) is 9.19. The predicted octanol–water partition coefficient (Wildman–Crippen LogP) is 2.32. The average Bonchev–Trinajstić information content (AvgIpc) is 2.07. The fourth-order valence-corrected chi connectivity index (χ4v) is 2.00. The molecule has 1 aliphatic rings. The van der Waals surface area contributed by atoms with E-state index in [-0.39, 0.29) is 17.3 Å². The Bertz CT molecular complexity index is 397. The van der Waals surface area contributed by atoms with Gasteiger partial charge in [-0.05, 0) is 40.5 Å². The quantitative estimate of drug-likeness (QED) is 0.769. The van der Waals surface area contributed by atoms with Crippen LogP contribution in [-0.2, 0) is 10.3 Å². The minimum Gasteiger partial charge on any atom is -0.346 e. The van der Waals surface area contributed by atoms with Gasteiger partial charge in [-0.2, -0.15) is 0 Å². The lowest BCUT2D eigenvalue weighted by Gasteiger charge is -2.39. The Kier molecular flexibility index (Phi) is 2.10. The van der Waals surface area contributed by atoms with Crippen molar-refractivity contribution < 1.29 is 9.18 Å². The van der Waals surface area contributed by atoms with Crippen LogP contribution in [-0.4, -0.2) is 5.91 Å². The van der Waals surface area contributed by atoms with Crippen LogP contribution < -0.4 is 5.32 Å². The molecular weight excluding hydrogens is 249 g/mol. The van der Waals surface area contributed by atoms with Crippen LogP contribution in [0.4, 0.5) is 4.39 Å². The molecule has 1 unspecified atom stereocenters. The van der Waals surface area contributed by atoms with Crippen LogP contribution in [0.1, 0.15) is 18.9 Å². The van der Waals surface area contributed by atoms with Crippen molar-refractivity contribution in [1.82, 2.24) is 5.32 Å². The number of halogens is 2. The fourth-order valence-electron chi connectivity index (χ4n) is 1.62. The first-order chi connectivity index (χ1) is 6.51. The van der Waals surface area contributed by atoms with Crippen molar-refractivity contribution >= 4 is 21.8 Å². The van der Waals surface area contributed by atoms with Crippen molar-refractivity contribution in [1.29, 1.82) is 0 Å². The summed E-state index contributed by atoms with van der Waals surface area (Å²) in [5.74, 6) is -0.254. The monoisotopic (exact) mass is 257 g/mol. The van der Waals surface area contributed by atoms with Gasteiger partial charge in [-0.1, -0.05) is 6.07 Å². The second-order valence-corrected chi connectivity index (χ2v) is 4.54. The number of nitrogens with one attached hydrogen (secondary N) is 1. The fraction of sp³-hybridized carbons (Fsp3) is 0.300.